The first-order valence-corrected chi connectivity index (χ1v) is 8.39. The van der Waals surface area contributed by atoms with Crippen molar-refractivity contribution in [1.29, 1.82) is 10.5 Å². The van der Waals surface area contributed by atoms with E-state index in [0.29, 0.717) is 5.03 Å². The number of pyridine rings is 1. The summed E-state index contributed by atoms with van der Waals surface area (Å²) >= 11 is 1.09. The van der Waals surface area contributed by atoms with Crippen LogP contribution in [0.5, 0.6) is 0 Å². The predicted octanol–water partition coefficient (Wildman–Crippen LogP) is 0.291. The van der Waals surface area contributed by atoms with Gasteiger partial charge in [-0.05, 0) is 26.8 Å². The molecular formula is C16H21N6O2S+. The molecule has 0 saturated heterocycles. The number of nitriles is 2. The maximum absolute atomic E-state index is 12.2. The summed E-state index contributed by atoms with van der Waals surface area (Å²) in [5.74, 6) is -0.362. The van der Waals surface area contributed by atoms with Crippen molar-refractivity contribution >= 4 is 29.4 Å². The van der Waals surface area contributed by atoms with E-state index in [2.05, 4.69) is 10.3 Å². The minimum atomic E-state index is -0.369. The Kier molecular flexibility index (Phi) is 6.77. The van der Waals surface area contributed by atoms with Crippen LogP contribution in [0.3, 0.4) is 0 Å². The van der Waals surface area contributed by atoms with E-state index in [1.54, 1.807) is 0 Å². The lowest BCUT2D eigenvalue weighted by atomic mass is 10.1. The lowest BCUT2D eigenvalue weighted by molar-refractivity contribution is -0.410. The summed E-state index contributed by atoms with van der Waals surface area (Å²) in [7, 11) is 1.53. The molecule has 1 rings (SSSR count). The first-order chi connectivity index (χ1) is 11.6. The molecule has 0 aliphatic rings. The topological polar surface area (TPSA) is 137 Å². The average molecular weight is 361 g/mol. The minimum Gasteiger partial charge on any atom is -0.350 e. The van der Waals surface area contributed by atoms with Gasteiger partial charge in [0.1, 0.15) is 23.3 Å². The van der Waals surface area contributed by atoms with Crippen molar-refractivity contribution in [1.82, 2.24) is 10.2 Å². The van der Waals surface area contributed by atoms with Crippen molar-refractivity contribution in [2.75, 3.05) is 25.1 Å². The molecule has 0 atom stereocenters. The molecule has 25 heavy (non-hydrogen) atoms. The number of hydrogen-bond donors (Lipinski definition) is 2. The number of thioether (sulfide) groups is 1. The molecule has 0 aliphatic carbocycles. The van der Waals surface area contributed by atoms with E-state index in [4.69, 9.17) is 16.3 Å². The Morgan fingerprint density at radius 1 is 1.32 bits per heavy atom. The van der Waals surface area contributed by atoms with Crippen molar-refractivity contribution in [3.8, 4) is 12.1 Å². The summed E-state index contributed by atoms with van der Waals surface area (Å²) in [6.07, 6.45) is 0. The van der Waals surface area contributed by atoms with Gasteiger partial charge >= 0.3 is 0 Å². The Balaban J connectivity index is 2.71. The first-order valence-electron chi connectivity index (χ1n) is 7.41. The van der Waals surface area contributed by atoms with Gasteiger partial charge in [-0.2, -0.15) is 10.5 Å². The molecule has 0 fully saturated rings. The van der Waals surface area contributed by atoms with Gasteiger partial charge in [0.25, 0.3) is 5.82 Å². The number of anilines is 1. The summed E-state index contributed by atoms with van der Waals surface area (Å²) < 4.78 is 0. The molecule has 0 bridgehead atoms. The number of aromatic amines is 1. The van der Waals surface area contributed by atoms with Crippen LogP contribution >= 0.6 is 11.8 Å². The van der Waals surface area contributed by atoms with E-state index < -0.39 is 0 Å². The lowest BCUT2D eigenvalue weighted by Gasteiger charge is -2.23. The number of H-pyrrole nitrogens is 1. The molecule has 0 unspecified atom stereocenters. The van der Waals surface area contributed by atoms with E-state index >= 15 is 0 Å². The van der Waals surface area contributed by atoms with Crippen LogP contribution in [-0.4, -0.2) is 41.6 Å². The smallest absolute Gasteiger partial charge is 0.289 e. The Labute approximate surface area is 151 Å². The quantitative estimate of drug-likeness (QED) is 0.723. The van der Waals surface area contributed by atoms with Crippen molar-refractivity contribution in [3.63, 3.8) is 0 Å². The van der Waals surface area contributed by atoms with Gasteiger partial charge < -0.3 is 10.2 Å². The minimum absolute atomic E-state index is 0.0236. The zero-order valence-corrected chi connectivity index (χ0v) is 15.5. The standard InChI is InChI=1S/C16H20N6O2S/c1-16(2,3)21-12(23)8-22(4)13(24)9-25-15-11(7-18)5-10(6-17)14(19)20-15/h5H,8-9H2,1-4H3,(H2,19,20)(H,21,23)/p+1. The molecule has 0 aliphatic heterocycles. The van der Waals surface area contributed by atoms with Crippen LogP contribution < -0.4 is 16.0 Å². The Bertz CT molecular complexity index is 758. The molecule has 9 heteroatoms. The summed E-state index contributed by atoms with van der Waals surface area (Å²) in [5.41, 5.74) is 5.73. The first kappa shape index (κ1) is 20.3. The van der Waals surface area contributed by atoms with Crippen LogP contribution in [0, 0.1) is 22.7 Å². The third-order valence-electron chi connectivity index (χ3n) is 2.97. The van der Waals surface area contributed by atoms with Gasteiger partial charge in [0.2, 0.25) is 11.8 Å². The molecule has 1 aromatic rings. The molecule has 1 heterocycles. The number of likely N-dealkylation sites (N-methyl/N-ethyl adjacent to an activating group) is 1. The highest BCUT2D eigenvalue weighted by Crippen LogP contribution is 2.20. The van der Waals surface area contributed by atoms with Crippen molar-refractivity contribution in [2.45, 2.75) is 31.3 Å². The fourth-order valence-electron chi connectivity index (χ4n) is 1.84. The highest BCUT2D eigenvalue weighted by molar-refractivity contribution is 7.99. The summed E-state index contributed by atoms with van der Waals surface area (Å²) in [6, 6.07) is 5.22. The van der Waals surface area contributed by atoms with Crippen molar-refractivity contribution < 1.29 is 14.6 Å². The maximum Gasteiger partial charge on any atom is 0.289 e. The van der Waals surface area contributed by atoms with Crippen LogP contribution in [0.4, 0.5) is 5.82 Å². The van der Waals surface area contributed by atoms with Gasteiger partial charge in [-0.15, -0.1) is 0 Å². The number of carbonyl (C=O) groups is 2. The van der Waals surface area contributed by atoms with Gasteiger partial charge in [0.15, 0.2) is 5.03 Å². The van der Waals surface area contributed by atoms with Crippen LogP contribution in [0.25, 0.3) is 0 Å². The van der Waals surface area contributed by atoms with Crippen LogP contribution in [0.1, 0.15) is 31.9 Å². The number of nitrogens with one attached hydrogen (secondary N) is 2. The van der Waals surface area contributed by atoms with E-state index in [1.165, 1.54) is 18.0 Å². The Morgan fingerprint density at radius 2 is 1.92 bits per heavy atom. The lowest BCUT2D eigenvalue weighted by Crippen LogP contribution is -2.46. The zero-order chi connectivity index (χ0) is 19.2. The van der Waals surface area contributed by atoms with Crippen molar-refractivity contribution in [2.24, 2.45) is 0 Å². The average Bonchev–Trinajstić information content (AvgIpc) is 2.50. The molecule has 0 saturated carbocycles. The summed E-state index contributed by atoms with van der Waals surface area (Å²) in [6.45, 7) is 5.52. The molecule has 0 aromatic carbocycles. The van der Waals surface area contributed by atoms with Gasteiger partial charge in [0, 0.05) is 12.6 Å². The highest BCUT2D eigenvalue weighted by atomic mass is 32.2. The van der Waals surface area contributed by atoms with Crippen LogP contribution in [0.2, 0.25) is 0 Å². The monoisotopic (exact) mass is 361 g/mol. The zero-order valence-electron chi connectivity index (χ0n) is 14.6. The fraction of sp³-hybridized carbons (Fsp3) is 0.438. The largest absolute Gasteiger partial charge is 0.350 e. The van der Waals surface area contributed by atoms with Crippen molar-refractivity contribution in [3.05, 3.63) is 17.2 Å². The number of nitrogen functional groups attached to an aromatic ring is 1. The molecule has 1 aromatic heterocycles. The molecule has 2 amide bonds. The third-order valence-corrected chi connectivity index (χ3v) is 3.98. The van der Waals surface area contributed by atoms with E-state index in [0.717, 1.165) is 11.8 Å². The number of amides is 2. The number of carbonyl (C=O) groups excluding carboxylic acids is 2. The van der Waals surface area contributed by atoms with Crippen LogP contribution in [-0.2, 0) is 9.59 Å². The normalized spacial score (nSPS) is 10.5. The second kappa shape index (κ2) is 8.36. The molecule has 0 spiro atoms. The predicted molar refractivity (Wildman–Crippen MR) is 93.1 cm³/mol. The second-order valence-corrected chi connectivity index (χ2v) is 7.39. The molecule has 0 radical (unpaired) electrons. The second-order valence-electron chi connectivity index (χ2n) is 6.40. The molecular weight excluding hydrogens is 340 g/mol. The summed E-state index contributed by atoms with van der Waals surface area (Å²) in [5, 5.41) is 21.3. The van der Waals surface area contributed by atoms with E-state index in [9.17, 15) is 9.59 Å². The number of aromatic nitrogens is 1. The van der Waals surface area contributed by atoms with Gasteiger partial charge in [0.05, 0.1) is 12.3 Å². The van der Waals surface area contributed by atoms with E-state index in [1.807, 2.05) is 32.9 Å². The van der Waals surface area contributed by atoms with Crippen LogP contribution in [0.15, 0.2) is 11.1 Å². The molecule has 4 N–H and O–H groups in total. The SMILES string of the molecule is CN(CC(=O)NC(C)(C)C)C(=O)CSc1[nH+]c(N)c(C#N)cc1C#N. The highest BCUT2D eigenvalue weighted by Gasteiger charge is 2.20. The number of rotatable bonds is 5. The molecule has 132 valence electrons. The van der Waals surface area contributed by atoms with Gasteiger partial charge in [-0.1, -0.05) is 11.8 Å². The maximum atomic E-state index is 12.2. The molecule has 8 nitrogen and oxygen atoms in total. The summed E-state index contributed by atoms with van der Waals surface area (Å²) in [4.78, 5) is 28.1. The Hall–Kier alpha value is -2.78. The van der Waals surface area contributed by atoms with E-state index in [-0.39, 0.29) is 46.6 Å². The Morgan fingerprint density at radius 3 is 2.44 bits per heavy atom. The number of hydrogen-bond acceptors (Lipinski definition) is 6. The number of nitrogens with two attached hydrogens (primary N) is 1. The number of nitrogens with zero attached hydrogens (tertiary/aromatic N) is 3. The van der Waals surface area contributed by atoms with Gasteiger partial charge in [-0.25, -0.2) is 4.98 Å². The third kappa shape index (κ3) is 6.32. The fourth-order valence-corrected chi connectivity index (χ4v) is 2.77. The van der Waals surface area contributed by atoms with Gasteiger partial charge in [-0.3, -0.25) is 15.3 Å².